The second kappa shape index (κ2) is 9.85. The fourth-order valence-electron chi connectivity index (χ4n) is 1.46. The molecule has 0 aromatic rings. The Bertz CT molecular complexity index is 302. The number of hydrogen-bond donors (Lipinski definition) is 0. The molecule has 118 valence electrons. The van der Waals surface area contributed by atoms with Gasteiger partial charge in [-0.3, -0.25) is 0 Å². The van der Waals surface area contributed by atoms with E-state index in [1.54, 1.807) is 0 Å². The van der Waals surface area contributed by atoms with Crippen molar-refractivity contribution >= 4 is 42.1 Å². The molecule has 0 spiro atoms. The van der Waals surface area contributed by atoms with Crippen LogP contribution in [0.2, 0.25) is 44.4 Å². The van der Waals surface area contributed by atoms with Crippen molar-refractivity contribution in [1.29, 1.82) is 0 Å². The van der Waals surface area contributed by atoms with Crippen LogP contribution in [0, 0.1) is 0 Å². The van der Waals surface area contributed by atoms with E-state index in [4.69, 9.17) is 13.0 Å². The Kier molecular flexibility index (Phi) is 9.85. The average Bonchev–Trinajstić information content (AvgIpc) is 2.31. The van der Waals surface area contributed by atoms with E-state index in [1.165, 1.54) is 11.7 Å². The van der Waals surface area contributed by atoms with Crippen LogP contribution in [0.4, 0.5) is 0 Å². The van der Waals surface area contributed by atoms with Crippen molar-refractivity contribution in [3.63, 3.8) is 0 Å². The zero-order valence-electron chi connectivity index (χ0n) is 13.7. The monoisotopic (exact) mass is 350 g/mol. The fraction of sp³-hybridized carbons (Fsp3) is 0.750. The zero-order valence-corrected chi connectivity index (χ0v) is 18.5. The molecule has 0 aromatic carbocycles. The minimum atomic E-state index is -1.50. The van der Waals surface area contributed by atoms with Gasteiger partial charge in [0.05, 0.1) is 6.61 Å². The molecule has 0 aliphatic carbocycles. The van der Waals surface area contributed by atoms with Gasteiger partial charge in [-0.1, -0.05) is 6.58 Å². The molecule has 0 atom stereocenters. The highest BCUT2D eigenvalue weighted by molar-refractivity contribution is 6.83. The van der Waals surface area contributed by atoms with Gasteiger partial charge in [-0.15, -0.1) is 0 Å². The summed E-state index contributed by atoms with van der Waals surface area (Å²) in [5, 5.41) is 0. The molecule has 8 heteroatoms. The highest BCUT2D eigenvalue weighted by Crippen LogP contribution is 2.12. The van der Waals surface area contributed by atoms with E-state index in [1.807, 2.05) is 0 Å². The Hall–Kier alpha value is -0.00247. The Morgan fingerprint density at radius 1 is 1.15 bits per heavy atom. The van der Waals surface area contributed by atoms with Crippen molar-refractivity contribution in [2.75, 3.05) is 6.61 Å². The second-order valence-electron chi connectivity index (χ2n) is 6.40. The summed E-state index contributed by atoms with van der Waals surface area (Å²) in [6.07, 6.45) is 2.10. The largest absolute Gasteiger partial charge is 0.463 e. The maximum Gasteiger partial charge on any atom is 0.330 e. The summed E-state index contributed by atoms with van der Waals surface area (Å²) >= 11 is 0. The SMILES string of the molecule is C=CC(=O)OCCC[SiH2]O[Si](C)(C)C[SiH2]O[Si](C)(C)C. The summed E-state index contributed by atoms with van der Waals surface area (Å²) in [7, 11) is -3.73. The quantitative estimate of drug-likeness (QED) is 0.246. The van der Waals surface area contributed by atoms with Crippen LogP contribution in [0.1, 0.15) is 6.42 Å². The zero-order chi connectivity index (χ0) is 15.6. The Balaban J connectivity index is 3.61. The Labute approximate surface area is 130 Å². The second-order valence-corrected chi connectivity index (χ2v) is 20.0. The van der Waals surface area contributed by atoms with Gasteiger partial charge in [0.1, 0.15) is 19.5 Å². The van der Waals surface area contributed by atoms with Crippen molar-refractivity contribution < 1.29 is 17.8 Å². The predicted octanol–water partition coefficient (Wildman–Crippen LogP) is 1.72. The lowest BCUT2D eigenvalue weighted by atomic mass is 10.5. The van der Waals surface area contributed by atoms with Crippen LogP contribution in [-0.2, 0) is 17.8 Å². The first-order chi connectivity index (χ1) is 9.16. The average molecular weight is 351 g/mol. The number of ether oxygens (including phenoxy) is 1. The molecule has 0 heterocycles. The van der Waals surface area contributed by atoms with Gasteiger partial charge < -0.3 is 13.0 Å². The highest BCUT2D eigenvalue weighted by Gasteiger charge is 2.23. The first-order valence-electron chi connectivity index (χ1n) is 7.23. The third-order valence-corrected chi connectivity index (χ3v) is 17.3. The summed E-state index contributed by atoms with van der Waals surface area (Å²) < 4.78 is 17.1. The number of esters is 1. The van der Waals surface area contributed by atoms with Crippen LogP contribution in [0.25, 0.3) is 0 Å². The minimum absolute atomic E-state index is 0.336. The van der Waals surface area contributed by atoms with E-state index < -0.39 is 36.2 Å². The molecule has 0 aliphatic rings. The smallest absolute Gasteiger partial charge is 0.330 e. The molecule has 0 amide bonds. The summed E-state index contributed by atoms with van der Waals surface area (Å²) in [5.41, 5.74) is 1.20. The van der Waals surface area contributed by atoms with Crippen LogP contribution in [-0.4, -0.2) is 48.7 Å². The van der Waals surface area contributed by atoms with Crippen LogP contribution in [0.5, 0.6) is 0 Å². The number of carbonyl (C=O) groups is 1. The normalized spacial score (nSPS) is 13.4. The van der Waals surface area contributed by atoms with E-state index in [9.17, 15) is 4.79 Å². The molecule has 0 bridgehead atoms. The van der Waals surface area contributed by atoms with Crippen molar-refractivity contribution in [2.45, 2.75) is 50.9 Å². The topological polar surface area (TPSA) is 44.8 Å². The van der Waals surface area contributed by atoms with Gasteiger partial charge in [-0.25, -0.2) is 4.79 Å². The van der Waals surface area contributed by atoms with Gasteiger partial charge in [0.15, 0.2) is 16.6 Å². The van der Waals surface area contributed by atoms with E-state index in [2.05, 4.69) is 39.3 Å². The lowest BCUT2D eigenvalue weighted by Crippen LogP contribution is -2.37. The first-order valence-corrected chi connectivity index (χ1v) is 16.9. The maximum atomic E-state index is 10.8. The number of hydrogen-bond acceptors (Lipinski definition) is 4. The summed E-state index contributed by atoms with van der Waals surface area (Å²) in [6, 6.07) is 1.07. The Morgan fingerprint density at radius 2 is 1.80 bits per heavy atom. The molecule has 4 nitrogen and oxygen atoms in total. The van der Waals surface area contributed by atoms with Gasteiger partial charge in [-0.2, -0.15) is 0 Å². The van der Waals surface area contributed by atoms with E-state index >= 15 is 0 Å². The molecule has 0 radical (unpaired) electrons. The number of rotatable bonds is 11. The van der Waals surface area contributed by atoms with Crippen LogP contribution < -0.4 is 0 Å². The maximum absolute atomic E-state index is 10.8. The summed E-state index contributed by atoms with van der Waals surface area (Å²) in [5.74, 6) is -0.336. The predicted molar refractivity (Wildman–Crippen MR) is 95.5 cm³/mol. The third-order valence-electron chi connectivity index (χ3n) is 2.68. The Morgan fingerprint density at radius 3 is 2.35 bits per heavy atom. The van der Waals surface area contributed by atoms with Gasteiger partial charge in [0.25, 0.3) is 0 Å². The molecule has 0 saturated heterocycles. The van der Waals surface area contributed by atoms with Crippen molar-refractivity contribution in [2.24, 2.45) is 0 Å². The lowest BCUT2D eigenvalue weighted by molar-refractivity contribution is -0.137. The molecule has 0 saturated carbocycles. The molecule has 0 aromatic heterocycles. The minimum Gasteiger partial charge on any atom is -0.463 e. The lowest BCUT2D eigenvalue weighted by Gasteiger charge is -2.25. The third kappa shape index (κ3) is 13.0. The molecular formula is C12H30O4Si4. The van der Waals surface area contributed by atoms with Crippen molar-refractivity contribution in [3.05, 3.63) is 12.7 Å². The standard InChI is InChI=1S/C12H30O4Si4/c1-7-12(13)14-9-8-10-17-16-20(5,6)11-18-15-19(2,3)4/h7H,1,8-11,17-18H2,2-6H3. The van der Waals surface area contributed by atoms with Gasteiger partial charge >= 0.3 is 5.97 Å². The van der Waals surface area contributed by atoms with Crippen LogP contribution in [0.15, 0.2) is 12.7 Å². The fourth-order valence-corrected chi connectivity index (χ4v) is 12.3. The molecule has 0 unspecified atom stereocenters. The van der Waals surface area contributed by atoms with Gasteiger partial charge in [-0.05, 0) is 50.9 Å². The van der Waals surface area contributed by atoms with Crippen LogP contribution in [0.3, 0.4) is 0 Å². The molecule has 0 rings (SSSR count). The van der Waals surface area contributed by atoms with E-state index in [0.717, 1.165) is 12.5 Å². The van der Waals surface area contributed by atoms with Gasteiger partial charge in [0.2, 0.25) is 0 Å². The molecule has 0 fully saturated rings. The summed E-state index contributed by atoms with van der Waals surface area (Å²) in [4.78, 5) is 10.8. The summed E-state index contributed by atoms with van der Waals surface area (Å²) in [6.45, 7) is 15.2. The number of carbonyl (C=O) groups excluding carboxylic acids is 1. The van der Waals surface area contributed by atoms with E-state index in [0.29, 0.717) is 6.61 Å². The molecule has 0 N–H and O–H groups in total. The van der Waals surface area contributed by atoms with Crippen molar-refractivity contribution in [1.82, 2.24) is 0 Å². The first kappa shape index (κ1) is 20.0. The van der Waals surface area contributed by atoms with E-state index in [-0.39, 0.29) is 5.97 Å². The molecule has 0 aliphatic heterocycles. The van der Waals surface area contributed by atoms with Crippen molar-refractivity contribution in [3.8, 4) is 0 Å². The molecular weight excluding hydrogens is 320 g/mol. The van der Waals surface area contributed by atoms with Gasteiger partial charge in [0, 0.05) is 6.08 Å². The highest BCUT2D eigenvalue weighted by atomic mass is 28.4. The van der Waals surface area contributed by atoms with Crippen LogP contribution >= 0.6 is 0 Å². The molecule has 20 heavy (non-hydrogen) atoms.